The lowest BCUT2D eigenvalue weighted by Gasteiger charge is -2.22. The fourth-order valence-electron chi connectivity index (χ4n) is 2.59. The number of rotatable bonds is 7. The van der Waals surface area contributed by atoms with Crippen LogP contribution in [0.3, 0.4) is 0 Å². The van der Waals surface area contributed by atoms with E-state index in [0.717, 1.165) is 0 Å². The molecule has 1 heterocycles. The molecule has 0 saturated heterocycles. The standard InChI is InChI=1S/C20H25N3O7/c1-5-29-18(27)15-9-11-8-12(6-7-13(11)22-15)21-17(26)14(10-16(24)25)23-19(28)30-20(2,3)4/h6-9,14,22H,5,10H2,1-4H3,(H,21,26)(H,23,28)(H,24,25)/t14-/m0/s1. The Morgan fingerprint density at radius 2 is 1.87 bits per heavy atom. The third kappa shape index (κ3) is 6.50. The fraction of sp³-hybridized carbons (Fsp3) is 0.400. The van der Waals surface area contributed by atoms with E-state index < -0.39 is 42.0 Å². The van der Waals surface area contributed by atoms with Gasteiger partial charge in [0, 0.05) is 16.6 Å². The number of hydrogen-bond acceptors (Lipinski definition) is 6. The molecule has 1 aromatic heterocycles. The lowest BCUT2D eigenvalue weighted by Crippen LogP contribution is -2.46. The summed E-state index contributed by atoms with van der Waals surface area (Å²) < 4.78 is 10.0. The largest absolute Gasteiger partial charge is 0.481 e. The summed E-state index contributed by atoms with van der Waals surface area (Å²) in [5.74, 6) is -2.47. The average molecular weight is 419 g/mol. The van der Waals surface area contributed by atoms with E-state index in [2.05, 4.69) is 15.6 Å². The predicted octanol–water partition coefficient (Wildman–Crippen LogP) is 2.65. The number of amides is 2. The molecule has 2 amide bonds. The minimum Gasteiger partial charge on any atom is -0.481 e. The van der Waals surface area contributed by atoms with Crippen molar-refractivity contribution in [3.63, 3.8) is 0 Å². The number of ether oxygens (including phenoxy) is 2. The molecule has 0 unspecified atom stereocenters. The topological polar surface area (TPSA) is 147 Å². The number of hydrogen-bond donors (Lipinski definition) is 4. The monoisotopic (exact) mass is 419 g/mol. The van der Waals surface area contributed by atoms with Gasteiger partial charge in [0.05, 0.1) is 13.0 Å². The van der Waals surface area contributed by atoms with E-state index in [1.807, 2.05) is 0 Å². The first-order valence-electron chi connectivity index (χ1n) is 9.30. The number of carbonyl (C=O) groups excluding carboxylic acids is 3. The Bertz CT molecular complexity index is 959. The minimum absolute atomic E-state index is 0.241. The van der Waals surface area contributed by atoms with Gasteiger partial charge in [-0.15, -0.1) is 0 Å². The molecule has 162 valence electrons. The highest BCUT2D eigenvalue weighted by Crippen LogP contribution is 2.21. The van der Waals surface area contributed by atoms with Crippen LogP contribution in [0.4, 0.5) is 10.5 Å². The summed E-state index contributed by atoms with van der Waals surface area (Å²) in [6, 6.07) is 5.08. The Balaban J connectivity index is 2.15. The highest BCUT2D eigenvalue weighted by molar-refractivity contribution is 6.01. The molecule has 0 aliphatic heterocycles. The molecule has 10 nitrogen and oxygen atoms in total. The van der Waals surface area contributed by atoms with E-state index in [0.29, 0.717) is 16.6 Å². The first-order valence-corrected chi connectivity index (χ1v) is 9.30. The summed E-state index contributed by atoms with van der Waals surface area (Å²) in [5, 5.41) is 14.6. The highest BCUT2D eigenvalue weighted by atomic mass is 16.6. The fourth-order valence-corrected chi connectivity index (χ4v) is 2.59. The summed E-state index contributed by atoms with van der Waals surface area (Å²) in [6.45, 7) is 6.89. The molecule has 1 atom stereocenters. The van der Waals surface area contributed by atoms with E-state index in [4.69, 9.17) is 14.6 Å². The van der Waals surface area contributed by atoms with Crippen molar-refractivity contribution in [3.8, 4) is 0 Å². The van der Waals surface area contributed by atoms with Gasteiger partial charge in [0.2, 0.25) is 5.91 Å². The molecule has 0 aliphatic rings. The summed E-state index contributed by atoms with van der Waals surface area (Å²) in [5.41, 5.74) is 0.489. The van der Waals surface area contributed by atoms with Crippen molar-refractivity contribution in [2.75, 3.05) is 11.9 Å². The zero-order valence-electron chi connectivity index (χ0n) is 17.2. The number of aromatic nitrogens is 1. The van der Waals surface area contributed by atoms with Crippen molar-refractivity contribution < 1.29 is 33.8 Å². The first-order chi connectivity index (χ1) is 14.0. The molecule has 0 bridgehead atoms. The number of aliphatic carboxylic acids is 1. The lowest BCUT2D eigenvalue weighted by molar-refractivity contribution is -0.139. The predicted molar refractivity (Wildman–Crippen MR) is 108 cm³/mol. The number of benzene rings is 1. The molecule has 2 aromatic rings. The maximum absolute atomic E-state index is 12.6. The van der Waals surface area contributed by atoms with E-state index in [-0.39, 0.29) is 12.3 Å². The lowest BCUT2D eigenvalue weighted by atomic mass is 10.1. The van der Waals surface area contributed by atoms with Gasteiger partial charge in [0.25, 0.3) is 0 Å². The number of carboxylic acid groups (broad SMARTS) is 1. The van der Waals surface area contributed by atoms with E-state index in [9.17, 15) is 19.2 Å². The zero-order chi connectivity index (χ0) is 22.5. The van der Waals surface area contributed by atoms with Gasteiger partial charge in [0.1, 0.15) is 17.3 Å². The van der Waals surface area contributed by atoms with Crippen LogP contribution in [0.2, 0.25) is 0 Å². The van der Waals surface area contributed by atoms with Gasteiger partial charge in [-0.1, -0.05) is 0 Å². The van der Waals surface area contributed by atoms with Crippen LogP contribution in [0.25, 0.3) is 10.9 Å². The van der Waals surface area contributed by atoms with Crippen molar-refractivity contribution in [1.29, 1.82) is 0 Å². The van der Waals surface area contributed by atoms with Crippen LogP contribution in [-0.4, -0.2) is 52.3 Å². The van der Waals surface area contributed by atoms with E-state index in [1.54, 1.807) is 52.0 Å². The van der Waals surface area contributed by atoms with E-state index >= 15 is 0 Å². The smallest absolute Gasteiger partial charge is 0.408 e. The molecule has 0 fully saturated rings. The number of alkyl carbamates (subject to hydrolysis) is 1. The molecule has 0 spiro atoms. The number of carbonyl (C=O) groups is 4. The molecule has 4 N–H and O–H groups in total. The molecular formula is C20H25N3O7. The highest BCUT2D eigenvalue weighted by Gasteiger charge is 2.26. The summed E-state index contributed by atoms with van der Waals surface area (Å²) in [6.07, 6.45) is -1.52. The molecule has 0 saturated carbocycles. The summed E-state index contributed by atoms with van der Waals surface area (Å²) in [7, 11) is 0. The number of aromatic amines is 1. The van der Waals surface area contributed by atoms with Crippen LogP contribution in [-0.2, 0) is 19.1 Å². The van der Waals surface area contributed by atoms with Crippen LogP contribution >= 0.6 is 0 Å². The van der Waals surface area contributed by atoms with Gasteiger partial charge >= 0.3 is 18.0 Å². The zero-order valence-corrected chi connectivity index (χ0v) is 17.2. The molecule has 0 radical (unpaired) electrons. The van der Waals surface area contributed by atoms with Crippen LogP contribution in [0.1, 0.15) is 44.6 Å². The van der Waals surface area contributed by atoms with E-state index in [1.165, 1.54) is 0 Å². The first kappa shape index (κ1) is 22.7. The molecule has 1 aromatic carbocycles. The van der Waals surface area contributed by atoms with Crippen LogP contribution in [0.15, 0.2) is 24.3 Å². The minimum atomic E-state index is -1.34. The third-order valence-corrected chi connectivity index (χ3v) is 3.77. The van der Waals surface area contributed by atoms with Crippen molar-refractivity contribution in [2.24, 2.45) is 0 Å². The van der Waals surface area contributed by atoms with Crippen LogP contribution in [0, 0.1) is 0 Å². The number of H-pyrrole nitrogens is 1. The van der Waals surface area contributed by atoms with Crippen molar-refractivity contribution in [1.82, 2.24) is 10.3 Å². The SMILES string of the molecule is CCOC(=O)c1cc2cc(NC(=O)[C@H](CC(=O)O)NC(=O)OC(C)(C)C)ccc2[nH]1. The quantitative estimate of drug-likeness (QED) is 0.504. The number of anilines is 1. The maximum Gasteiger partial charge on any atom is 0.408 e. The molecular weight excluding hydrogens is 394 g/mol. The van der Waals surface area contributed by atoms with Gasteiger partial charge in [-0.2, -0.15) is 0 Å². The number of esters is 1. The second-order valence-corrected chi connectivity index (χ2v) is 7.49. The molecule has 30 heavy (non-hydrogen) atoms. The molecule has 2 rings (SSSR count). The second-order valence-electron chi connectivity index (χ2n) is 7.49. The van der Waals surface area contributed by atoms with Gasteiger partial charge < -0.3 is 30.2 Å². The number of carboxylic acids is 1. The number of fused-ring (bicyclic) bond motifs is 1. The number of nitrogens with one attached hydrogen (secondary N) is 3. The average Bonchev–Trinajstić information content (AvgIpc) is 3.02. The van der Waals surface area contributed by atoms with Gasteiger partial charge in [-0.25, -0.2) is 9.59 Å². The Morgan fingerprint density at radius 1 is 1.17 bits per heavy atom. The molecule has 0 aliphatic carbocycles. The van der Waals surface area contributed by atoms with Crippen molar-refractivity contribution in [2.45, 2.75) is 45.8 Å². The van der Waals surface area contributed by atoms with Crippen LogP contribution < -0.4 is 10.6 Å². The van der Waals surface area contributed by atoms with Crippen molar-refractivity contribution >= 4 is 40.5 Å². The summed E-state index contributed by atoms with van der Waals surface area (Å²) in [4.78, 5) is 50.4. The Labute approximate surface area is 172 Å². The Kier molecular flexibility index (Phi) is 7.04. The van der Waals surface area contributed by atoms with Crippen molar-refractivity contribution in [3.05, 3.63) is 30.0 Å². The van der Waals surface area contributed by atoms with Gasteiger partial charge in [0.15, 0.2) is 0 Å². The van der Waals surface area contributed by atoms with Crippen LogP contribution in [0.5, 0.6) is 0 Å². The third-order valence-electron chi connectivity index (χ3n) is 3.77. The van der Waals surface area contributed by atoms with Gasteiger partial charge in [-0.05, 0) is 52.0 Å². The second kappa shape index (κ2) is 9.29. The Morgan fingerprint density at radius 3 is 2.47 bits per heavy atom. The maximum atomic E-state index is 12.6. The summed E-state index contributed by atoms with van der Waals surface area (Å²) >= 11 is 0. The normalized spacial score (nSPS) is 12.1. The molecule has 10 heteroatoms. The Hall–Kier alpha value is -3.56. The van der Waals surface area contributed by atoms with Gasteiger partial charge in [-0.3, -0.25) is 9.59 Å².